The van der Waals surface area contributed by atoms with Crippen LogP contribution < -0.4 is 16.4 Å². The molecule has 1 unspecified atom stereocenters. The van der Waals surface area contributed by atoms with Gasteiger partial charge in [-0.2, -0.15) is 0 Å². The van der Waals surface area contributed by atoms with Crippen LogP contribution in [0.15, 0.2) is 24.3 Å². The number of anilines is 1. The van der Waals surface area contributed by atoms with Crippen molar-refractivity contribution in [1.29, 1.82) is 0 Å². The summed E-state index contributed by atoms with van der Waals surface area (Å²) in [5.74, 6) is 0.0194. The number of carbonyl (C=O) groups is 1. The van der Waals surface area contributed by atoms with Gasteiger partial charge in [-0.25, -0.2) is 0 Å². The summed E-state index contributed by atoms with van der Waals surface area (Å²) in [4.78, 5) is 14.2. The Morgan fingerprint density at radius 3 is 3.16 bits per heavy atom. The average molecular weight is 262 g/mol. The number of hydrogen-bond donors (Lipinski definition) is 3. The van der Waals surface area contributed by atoms with Crippen molar-refractivity contribution >= 4 is 11.6 Å². The average Bonchev–Trinajstić information content (AvgIpc) is 2.39. The number of nitrogens with one attached hydrogen (secondary N) is 2. The van der Waals surface area contributed by atoms with Crippen LogP contribution in [0, 0.1) is 6.92 Å². The van der Waals surface area contributed by atoms with E-state index in [4.69, 9.17) is 5.73 Å². The van der Waals surface area contributed by atoms with Crippen molar-refractivity contribution in [2.24, 2.45) is 5.73 Å². The molecule has 1 aromatic carbocycles. The van der Waals surface area contributed by atoms with E-state index in [0.717, 1.165) is 30.9 Å². The molecule has 1 heterocycles. The van der Waals surface area contributed by atoms with Crippen molar-refractivity contribution in [2.45, 2.75) is 13.0 Å². The Balaban J connectivity index is 1.90. The molecule has 2 rings (SSSR count). The highest BCUT2D eigenvalue weighted by Gasteiger charge is 2.22. The van der Waals surface area contributed by atoms with Crippen molar-refractivity contribution in [3.8, 4) is 0 Å². The van der Waals surface area contributed by atoms with Crippen LogP contribution in [0.2, 0.25) is 0 Å². The van der Waals surface area contributed by atoms with Gasteiger partial charge in [0.25, 0.3) is 0 Å². The molecule has 1 amide bonds. The molecule has 0 spiro atoms. The van der Waals surface area contributed by atoms with Gasteiger partial charge in [0, 0.05) is 37.9 Å². The largest absolute Gasteiger partial charge is 0.329 e. The van der Waals surface area contributed by atoms with Gasteiger partial charge in [-0.15, -0.1) is 0 Å². The van der Waals surface area contributed by atoms with Crippen LogP contribution in [0.5, 0.6) is 0 Å². The molecule has 1 aliphatic heterocycles. The van der Waals surface area contributed by atoms with Crippen molar-refractivity contribution in [3.63, 3.8) is 0 Å². The summed E-state index contributed by atoms with van der Waals surface area (Å²) in [5, 5.41) is 6.23. The van der Waals surface area contributed by atoms with Crippen LogP contribution in [0.1, 0.15) is 5.56 Å². The van der Waals surface area contributed by atoms with E-state index < -0.39 is 0 Å². The maximum absolute atomic E-state index is 12.0. The zero-order valence-electron chi connectivity index (χ0n) is 11.4. The predicted octanol–water partition coefficient (Wildman–Crippen LogP) is 0.166. The number of hydrogen-bond acceptors (Lipinski definition) is 4. The first-order chi connectivity index (χ1) is 9.19. The Morgan fingerprint density at radius 2 is 2.42 bits per heavy atom. The fraction of sp³-hybridized carbons (Fsp3) is 0.500. The number of nitrogens with two attached hydrogens (primary N) is 1. The van der Waals surface area contributed by atoms with E-state index in [1.165, 1.54) is 0 Å². The van der Waals surface area contributed by atoms with E-state index in [9.17, 15) is 4.79 Å². The first-order valence-corrected chi connectivity index (χ1v) is 6.70. The predicted molar refractivity (Wildman–Crippen MR) is 77.1 cm³/mol. The van der Waals surface area contributed by atoms with Crippen molar-refractivity contribution in [3.05, 3.63) is 29.8 Å². The van der Waals surface area contributed by atoms with Gasteiger partial charge in [-0.3, -0.25) is 9.69 Å². The molecule has 5 nitrogen and oxygen atoms in total. The molecule has 0 radical (unpaired) electrons. The zero-order chi connectivity index (χ0) is 13.7. The van der Waals surface area contributed by atoms with Gasteiger partial charge in [0.1, 0.15) is 0 Å². The van der Waals surface area contributed by atoms with Gasteiger partial charge >= 0.3 is 0 Å². The molecule has 1 atom stereocenters. The quantitative estimate of drug-likeness (QED) is 0.723. The molecule has 5 heteroatoms. The van der Waals surface area contributed by atoms with E-state index in [0.29, 0.717) is 13.1 Å². The van der Waals surface area contributed by atoms with Crippen molar-refractivity contribution < 1.29 is 4.79 Å². The first kappa shape index (κ1) is 14.0. The lowest BCUT2D eigenvalue weighted by Crippen LogP contribution is -2.56. The molecule has 1 saturated heterocycles. The molecule has 0 saturated carbocycles. The second kappa shape index (κ2) is 6.65. The summed E-state index contributed by atoms with van der Waals surface area (Å²) in [5.41, 5.74) is 7.72. The van der Waals surface area contributed by atoms with Crippen LogP contribution in [0.25, 0.3) is 0 Å². The molecule has 0 aromatic heterocycles. The molecule has 19 heavy (non-hydrogen) atoms. The Bertz CT molecular complexity index is 435. The number of nitrogens with zero attached hydrogens (tertiary/aromatic N) is 1. The van der Waals surface area contributed by atoms with E-state index in [-0.39, 0.29) is 11.9 Å². The first-order valence-electron chi connectivity index (χ1n) is 6.70. The summed E-state index contributed by atoms with van der Waals surface area (Å²) in [6, 6.07) is 8.07. The summed E-state index contributed by atoms with van der Waals surface area (Å²) in [7, 11) is 0. The summed E-state index contributed by atoms with van der Waals surface area (Å²) < 4.78 is 0. The fourth-order valence-electron chi connectivity index (χ4n) is 2.35. The summed E-state index contributed by atoms with van der Waals surface area (Å²) in [6.45, 7) is 5.62. The number of rotatable bonds is 4. The highest BCUT2D eigenvalue weighted by molar-refractivity contribution is 5.92. The van der Waals surface area contributed by atoms with Crippen molar-refractivity contribution in [1.82, 2.24) is 10.2 Å². The standard InChI is InChI=1S/C14H22N4O/c1-11-3-2-4-12(7-11)17-14(19)10-18-6-5-16-9-13(18)8-15/h2-4,7,13,16H,5-6,8-10,15H2,1H3,(H,17,19). The second-order valence-corrected chi connectivity index (χ2v) is 4.98. The highest BCUT2D eigenvalue weighted by atomic mass is 16.2. The molecular weight excluding hydrogens is 240 g/mol. The van der Waals surface area contributed by atoms with E-state index >= 15 is 0 Å². The van der Waals surface area contributed by atoms with Crippen molar-refractivity contribution in [2.75, 3.05) is 38.0 Å². The minimum atomic E-state index is 0.0194. The fourth-order valence-corrected chi connectivity index (χ4v) is 2.35. The number of carbonyl (C=O) groups excluding carboxylic acids is 1. The Hall–Kier alpha value is -1.43. The third-order valence-electron chi connectivity index (χ3n) is 3.39. The molecule has 0 bridgehead atoms. The monoisotopic (exact) mass is 262 g/mol. The molecule has 4 N–H and O–H groups in total. The summed E-state index contributed by atoms with van der Waals surface area (Å²) >= 11 is 0. The number of aryl methyl sites for hydroxylation is 1. The minimum Gasteiger partial charge on any atom is -0.329 e. The van der Waals surface area contributed by atoms with E-state index in [1.54, 1.807) is 0 Å². The van der Waals surface area contributed by atoms with Gasteiger partial charge in [0.05, 0.1) is 6.54 Å². The Kier molecular flexibility index (Phi) is 4.90. The topological polar surface area (TPSA) is 70.4 Å². The molecule has 1 aromatic rings. The third kappa shape index (κ3) is 4.02. The lowest BCUT2D eigenvalue weighted by Gasteiger charge is -2.34. The molecule has 1 aliphatic rings. The normalized spacial score (nSPS) is 20.2. The van der Waals surface area contributed by atoms with E-state index in [1.807, 2.05) is 31.2 Å². The second-order valence-electron chi connectivity index (χ2n) is 4.98. The lowest BCUT2D eigenvalue weighted by molar-refractivity contribution is -0.118. The zero-order valence-corrected chi connectivity index (χ0v) is 11.4. The maximum atomic E-state index is 12.0. The molecule has 1 fully saturated rings. The summed E-state index contributed by atoms with van der Waals surface area (Å²) in [6.07, 6.45) is 0. The van der Waals surface area contributed by atoms with Gasteiger partial charge < -0.3 is 16.4 Å². The van der Waals surface area contributed by atoms with Gasteiger partial charge in [-0.05, 0) is 24.6 Å². The van der Waals surface area contributed by atoms with Gasteiger partial charge in [-0.1, -0.05) is 12.1 Å². The SMILES string of the molecule is Cc1cccc(NC(=O)CN2CCNCC2CN)c1. The Labute approximate surface area is 114 Å². The molecular formula is C14H22N4O. The van der Waals surface area contributed by atoms with E-state index in [2.05, 4.69) is 15.5 Å². The van der Waals surface area contributed by atoms with Gasteiger partial charge in [0.2, 0.25) is 5.91 Å². The van der Waals surface area contributed by atoms with Crippen LogP contribution >= 0.6 is 0 Å². The van der Waals surface area contributed by atoms with Crippen LogP contribution in [0.4, 0.5) is 5.69 Å². The minimum absolute atomic E-state index is 0.0194. The van der Waals surface area contributed by atoms with Crippen LogP contribution in [-0.4, -0.2) is 49.6 Å². The Morgan fingerprint density at radius 1 is 1.58 bits per heavy atom. The lowest BCUT2D eigenvalue weighted by atomic mass is 10.2. The maximum Gasteiger partial charge on any atom is 0.238 e. The van der Waals surface area contributed by atoms with Crippen LogP contribution in [0.3, 0.4) is 0 Å². The highest BCUT2D eigenvalue weighted by Crippen LogP contribution is 2.10. The molecule has 0 aliphatic carbocycles. The smallest absolute Gasteiger partial charge is 0.238 e. The van der Waals surface area contributed by atoms with Crippen LogP contribution in [-0.2, 0) is 4.79 Å². The number of amides is 1. The number of benzene rings is 1. The van der Waals surface area contributed by atoms with Gasteiger partial charge in [0.15, 0.2) is 0 Å². The molecule has 104 valence electrons. The third-order valence-corrected chi connectivity index (χ3v) is 3.39. The number of piperazine rings is 1.